The standard InChI is InChI=1S/C25H33N3O4S/c1-17-18(2)24(10-9-23(17)26-25(29)21-7-5-4-6-8-21)33(30,31)27-19(3)20-11-13-28(14-12-20)22-15-32-16-22/h4-10,19-20,22,27H,11-16H2,1-3H3,(H,26,29)/t19-/m1/s1. The molecule has 0 radical (unpaired) electrons. The molecular formula is C25H33N3O4S. The molecule has 0 aliphatic carbocycles. The molecule has 1 atom stereocenters. The van der Waals surface area contributed by atoms with E-state index in [9.17, 15) is 13.2 Å². The number of ether oxygens (including phenoxy) is 1. The van der Waals surface area contributed by atoms with Crippen LogP contribution in [0.15, 0.2) is 47.4 Å². The van der Waals surface area contributed by atoms with Gasteiger partial charge in [0.25, 0.3) is 5.91 Å². The Morgan fingerprint density at radius 1 is 1.03 bits per heavy atom. The topological polar surface area (TPSA) is 87.7 Å². The summed E-state index contributed by atoms with van der Waals surface area (Å²) in [7, 11) is -3.68. The maximum Gasteiger partial charge on any atom is 0.255 e. The van der Waals surface area contributed by atoms with Crippen molar-refractivity contribution in [2.24, 2.45) is 5.92 Å². The minimum atomic E-state index is -3.68. The number of nitrogens with one attached hydrogen (secondary N) is 2. The highest BCUT2D eigenvalue weighted by molar-refractivity contribution is 7.89. The molecular weight excluding hydrogens is 438 g/mol. The van der Waals surface area contributed by atoms with Gasteiger partial charge in [-0.1, -0.05) is 18.2 Å². The average Bonchev–Trinajstić information content (AvgIpc) is 2.76. The SMILES string of the molecule is Cc1c(NC(=O)c2ccccc2)ccc(S(=O)(=O)N[C@H](C)C2CCN(C3COC3)CC2)c1C. The van der Waals surface area contributed by atoms with Crippen LogP contribution in [0.5, 0.6) is 0 Å². The molecule has 0 saturated carbocycles. The van der Waals surface area contributed by atoms with Gasteiger partial charge in [-0.3, -0.25) is 9.69 Å². The van der Waals surface area contributed by atoms with Crippen molar-refractivity contribution < 1.29 is 17.9 Å². The lowest BCUT2D eigenvalue weighted by molar-refractivity contribution is -0.0745. The fourth-order valence-corrected chi connectivity index (χ4v) is 6.24. The molecule has 2 saturated heterocycles. The molecule has 8 heteroatoms. The summed E-state index contributed by atoms with van der Waals surface area (Å²) in [6, 6.07) is 12.6. The predicted octanol–water partition coefficient (Wildman–Crippen LogP) is 3.33. The second kappa shape index (κ2) is 9.93. The number of likely N-dealkylation sites (tertiary alicyclic amines) is 1. The Bertz CT molecular complexity index is 1090. The normalized spacial score (nSPS) is 19.1. The molecule has 2 heterocycles. The van der Waals surface area contributed by atoms with Crippen LogP contribution in [0, 0.1) is 19.8 Å². The van der Waals surface area contributed by atoms with Crippen LogP contribution >= 0.6 is 0 Å². The number of hydrogen-bond acceptors (Lipinski definition) is 5. The van der Waals surface area contributed by atoms with Crippen LogP contribution in [0.2, 0.25) is 0 Å². The number of anilines is 1. The summed E-state index contributed by atoms with van der Waals surface area (Å²) in [4.78, 5) is 15.2. The molecule has 2 aromatic rings. The highest BCUT2D eigenvalue weighted by Gasteiger charge is 2.33. The third-order valence-corrected chi connectivity index (χ3v) is 8.77. The molecule has 178 valence electrons. The molecule has 0 unspecified atom stereocenters. The summed E-state index contributed by atoms with van der Waals surface area (Å²) in [6.45, 7) is 9.17. The largest absolute Gasteiger partial charge is 0.378 e. The first-order chi connectivity index (χ1) is 15.8. The Labute approximate surface area is 196 Å². The second-order valence-electron chi connectivity index (χ2n) is 9.16. The zero-order valence-electron chi connectivity index (χ0n) is 19.5. The zero-order chi connectivity index (χ0) is 23.6. The highest BCUT2D eigenvalue weighted by Crippen LogP contribution is 2.28. The van der Waals surface area contributed by atoms with Crippen LogP contribution in [-0.4, -0.2) is 57.6 Å². The van der Waals surface area contributed by atoms with Gasteiger partial charge in [-0.15, -0.1) is 0 Å². The number of nitrogens with zero attached hydrogens (tertiary/aromatic N) is 1. The first-order valence-electron chi connectivity index (χ1n) is 11.6. The Morgan fingerprint density at radius 2 is 1.70 bits per heavy atom. The fourth-order valence-electron chi connectivity index (χ4n) is 4.63. The van der Waals surface area contributed by atoms with Gasteiger partial charge >= 0.3 is 0 Å². The van der Waals surface area contributed by atoms with Crippen LogP contribution in [0.25, 0.3) is 0 Å². The van der Waals surface area contributed by atoms with Crippen molar-refractivity contribution in [3.8, 4) is 0 Å². The lowest BCUT2D eigenvalue weighted by Gasteiger charge is -2.42. The molecule has 7 nitrogen and oxygen atoms in total. The van der Waals surface area contributed by atoms with Gasteiger partial charge in [-0.2, -0.15) is 0 Å². The van der Waals surface area contributed by atoms with E-state index in [4.69, 9.17) is 4.74 Å². The van der Waals surface area contributed by atoms with Crippen LogP contribution in [0.3, 0.4) is 0 Å². The summed E-state index contributed by atoms with van der Waals surface area (Å²) in [5, 5.41) is 2.89. The summed E-state index contributed by atoms with van der Waals surface area (Å²) in [6.07, 6.45) is 1.95. The monoisotopic (exact) mass is 471 g/mol. The second-order valence-corrected chi connectivity index (χ2v) is 10.8. The molecule has 2 aromatic carbocycles. The van der Waals surface area contributed by atoms with Crippen molar-refractivity contribution in [1.82, 2.24) is 9.62 Å². The molecule has 2 N–H and O–H groups in total. The van der Waals surface area contributed by atoms with Crippen molar-refractivity contribution >= 4 is 21.6 Å². The number of carbonyl (C=O) groups is 1. The van der Waals surface area contributed by atoms with E-state index in [0.717, 1.165) is 44.7 Å². The third-order valence-electron chi connectivity index (χ3n) is 7.07. The first-order valence-corrected chi connectivity index (χ1v) is 13.1. The summed E-state index contributed by atoms with van der Waals surface area (Å²) >= 11 is 0. The van der Waals surface area contributed by atoms with E-state index in [1.165, 1.54) is 0 Å². The van der Waals surface area contributed by atoms with Crippen molar-refractivity contribution in [3.05, 3.63) is 59.2 Å². The summed E-state index contributed by atoms with van der Waals surface area (Å²) in [5.74, 6) is 0.0862. The highest BCUT2D eigenvalue weighted by atomic mass is 32.2. The zero-order valence-corrected chi connectivity index (χ0v) is 20.3. The van der Waals surface area contributed by atoms with E-state index in [2.05, 4.69) is 14.9 Å². The van der Waals surface area contributed by atoms with Crippen LogP contribution in [0.4, 0.5) is 5.69 Å². The molecule has 0 aromatic heterocycles. The van der Waals surface area contributed by atoms with Crippen molar-refractivity contribution in [2.45, 2.75) is 50.6 Å². The van der Waals surface area contributed by atoms with Crippen LogP contribution in [0.1, 0.15) is 41.3 Å². The number of hydrogen-bond donors (Lipinski definition) is 2. The molecule has 0 spiro atoms. The Morgan fingerprint density at radius 3 is 2.30 bits per heavy atom. The third kappa shape index (κ3) is 5.30. The van der Waals surface area contributed by atoms with Crippen LogP contribution < -0.4 is 10.0 Å². The molecule has 2 aliphatic rings. The first kappa shape index (κ1) is 23.9. The van der Waals surface area contributed by atoms with E-state index in [0.29, 0.717) is 28.8 Å². The average molecular weight is 472 g/mol. The van der Waals surface area contributed by atoms with E-state index in [-0.39, 0.29) is 16.8 Å². The number of carbonyl (C=O) groups excluding carboxylic acids is 1. The summed E-state index contributed by atoms with van der Waals surface area (Å²) < 4.78 is 34.6. The smallest absolute Gasteiger partial charge is 0.255 e. The predicted molar refractivity (Wildman–Crippen MR) is 129 cm³/mol. The summed E-state index contributed by atoms with van der Waals surface area (Å²) in [5.41, 5.74) is 2.55. The van der Waals surface area contributed by atoms with Gasteiger partial charge < -0.3 is 10.1 Å². The minimum Gasteiger partial charge on any atom is -0.378 e. The quantitative estimate of drug-likeness (QED) is 0.647. The van der Waals surface area contributed by atoms with Gasteiger partial charge in [0, 0.05) is 17.3 Å². The van der Waals surface area contributed by atoms with Gasteiger partial charge in [0.05, 0.1) is 24.2 Å². The Hall–Kier alpha value is -2.26. The molecule has 2 fully saturated rings. The molecule has 1 amide bonds. The Kier molecular flexibility index (Phi) is 7.19. The van der Waals surface area contributed by atoms with E-state index in [1.54, 1.807) is 43.3 Å². The Balaban J connectivity index is 1.42. The van der Waals surface area contributed by atoms with Crippen LogP contribution in [-0.2, 0) is 14.8 Å². The van der Waals surface area contributed by atoms with Gasteiger partial charge in [0.15, 0.2) is 0 Å². The fraction of sp³-hybridized carbons (Fsp3) is 0.480. The number of amides is 1. The molecule has 4 rings (SSSR count). The van der Waals surface area contributed by atoms with Crippen molar-refractivity contribution in [3.63, 3.8) is 0 Å². The molecule has 0 bridgehead atoms. The van der Waals surface area contributed by atoms with Gasteiger partial charge in [-0.25, -0.2) is 13.1 Å². The minimum absolute atomic E-state index is 0.146. The van der Waals surface area contributed by atoms with Crippen molar-refractivity contribution in [1.29, 1.82) is 0 Å². The van der Waals surface area contributed by atoms with Gasteiger partial charge in [-0.05, 0) is 88.0 Å². The molecule has 33 heavy (non-hydrogen) atoms. The lowest BCUT2D eigenvalue weighted by Crippen LogP contribution is -2.53. The van der Waals surface area contributed by atoms with Gasteiger partial charge in [0.1, 0.15) is 0 Å². The van der Waals surface area contributed by atoms with E-state index in [1.807, 2.05) is 19.9 Å². The maximum atomic E-state index is 13.2. The van der Waals surface area contributed by atoms with E-state index >= 15 is 0 Å². The lowest BCUT2D eigenvalue weighted by atomic mass is 9.90. The van der Waals surface area contributed by atoms with E-state index < -0.39 is 10.0 Å². The molecule has 2 aliphatic heterocycles. The number of piperidine rings is 1. The number of rotatable bonds is 7. The number of benzene rings is 2. The van der Waals surface area contributed by atoms with Crippen molar-refractivity contribution in [2.75, 3.05) is 31.6 Å². The maximum absolute atomic E-state index is 13.2. The number of sulfonamides is 1. The van der Waals surface area contributed by atoms with Gasteiger partial charge in [0.2, 0.25) is 10.0 Å².